The highest BCUT2D eigenvalue weighted by atomic mass is 19.3. The van der Waals surface area contributed by atoms with Gasteiger partial charge in [-0.3, -0.25) is 14.5 Å². The van der Waals surface area contributed by atoms with E-state index >= 15 is 0 Å². The number of alkyl halides is 2. The van der Waals surface area contributed by atoms with E-state index in [1.54, 1.807) is 7.05 Å². The lowest BCUT2D eigenvalue weighted by molar-refractivity contribution is 0.0668. The van der Waals surface area contributed by atoms with Gasteiger partial charge in [-0.2, -0.15) is 8.78 Å². The molecule has 1 aliphatic heterocycles. The third-order valence-electron chi connectivity index (χ3n) is 4.51. The molecule has 2 rings (SSSR count). The second-order valence-corrected chi connectivity index (χ2v) is 5.97. The second-order valence-electron chi connectivity index (χ2n) is 5.97. The van der Waals surface area contributed by atoms with Crippen LogP contribution in [0.4, 0.5) is 8.78 Å². The van der Waals surface area contributed by atoms with Gasteiger partial charge in [-0.15, -0.1) is 0 Å². The summed E-state index contributed by atoms with van der Waals surface area (Å²) in [5.41, 5.74) is 0. The molecule has 2 heterocycles. The van der Waals surface area contributed by atoms with Gasteiger partial charge in [-0.1, -0.05) is 13.3 Å². The lowest BCUT2D eigenvalue weighted by atomic mass is 10.0. The van der Waals surface area contributed by atoms with Gasteiger partial charge in [0.2, 0.25) is 0 Å². The molecule has 1 fully saturated rings. The van der Waals surface area contributed by atoms with Gasteiger partial charge >= 0.3 is 6.55 Å². The van der Waals surface area contributed by atoms with E-state index in [0.29, 0.717) is 12.0 Å². The van der Waals surface area contributed by atoms with Gasteiger partial charge in [0.05, 0.1) is 6.54 Å². The molecule has 6 nitrogen and oxygen atoms in total. The summed E-state index contributed by atoms with van der Waals surface area (Å²) in [4.78, 5) is 10.6. The highest BCUT2D eigenvalue weighted by molar-refractivity contribution is 5.79. The van der Waals surface area contributed by atoms with E-state index in [1.165, 1.54) is 38.1 Å². The summed E-state index contributed by atoms with van der Waals surface area (Å²) < 4.78 is 26.4. The molecule has 136 valence electrons. The third kappa shape index (κ3) is 5.15. The summed E-state index contributed by atoms with van der Waals surface area (Å²) in [6.45, 7) is 2.76. The predicted octanol–water partition coefficient (Wildman–Crippen LogP) is 2.21. The van der Waals surface area contributed by atoms with Crippen molar-refractivity contribution in [3.8, 4) is 0 Å². The molecule has 8 heteroatoms. The Bertz CT molecular complexity index is 516. The molecule has 24 heavy (non-hydrogen) atoms. The SMILES string of the molecule is CCC1CCCCN1CCNC(=NC)NCc1nccn1C(F)F. The van der Waals surface area contributed by atoms with Gasteiger partial charge < -0.3 is 10.6 Å². The van der Waals surface area contributed by atoms with Crippen LogP contribution >= 0.6 is 0 Å². The standard InChI is InChI=1S/C16H28F2N6/c1-3-13-6-4-5-9-23(13)10-7-21-16(19-2)22-12-14-20-8-11-24(14)15(17)18/h8,11,13,15H,3-7,9-10,12H2,1-2H3,(H2,19,21,22). The van der Waals surface area contributed by atoms with Crippen molar-refractivity contribution in [3.63, 3.8) is 0 Å². The largest absolute Gasteiger partial charge is 0.355 e. The molecule has 0 saturated carbocycles. The molecular formula is C16H28F2N6. The van der Waals surface area contributed by atoms with Gasteiger partial charge in [0.15, 0.2) is 5.96 Å². The fourth-order valence-corrected chi connectivity index (χ4v) is 3.18. The molecule has 1 saturated heterocycles. The number of guanidine groups is 1. The van der Waals surface area contributed by atoms with Crippen LogP contribution in [0, 0.1) is 0 Å². The van der Waals surface area contributed by atoms with E-state index in [9.17, 15) is 8.78 Å². The molecule has 1 unspecified atom stereocenters. The molecule has 1 aromatic rings. The van der Waals surface area contributed by atoms with E-state index in [1.807, 2.05) is 0 Å². The van der Waals surface area contributed by atoms with Crippen LogP contribution in [-0.4, -0.2) is 53.1 Å². The minimum atomic E-state index is -2.58. The van der Waals surface area contributed by atoms with Crippen molar-refractivity contribution < 1.29 is 8.78 Å². The van der Waals surface area contributed by atoms with Crippen LogP contribution in [0.2, 0.25) is 0 Å². The van der Waals surface area contributed by atoms with E-state index in [0.717, 1.165) is 24.2 Å². The molecule has 0 spiro atoms. The maximum absolute atomic E-state index is 12.8. The van der Waals surface area contributed by atoms with Crippen LogP contribution < -0.4 is 10.6 Å². The molecule has 1 aliphatic rings. The number of hydrogen-bond acceptors (Lipinski definition) is 3. The van der Waals surface area contributed by atoms with Crippen molar-refractivity contribution in [1.29, 1.82) is 0 Å². The molecule has 0 amide bonds. The zero-order valence-corrected chi connectivity index (χ0v) is 14.5. The summed E-state index contributed by atoms with van der Waals surface area (Å²) in [5, 5.41) is 6.28. The fourth-order valence-electron chi connectivity index (χ4n) is 3.18. The van der Waals surface area contributed by atoms with E-state index < -0.39 is 6.55 Å². The first-order valence-electron chi connectivity index (χ1n) is 8.64. The van der Waals surface area contributed by atoms with Gasteiger partial charge in [0.1, 0.15) is 5.82 Å². The molecule has 1 aromatic heterocycles. The number of rotatable bonds is 7. The highest BCUT2D eigenvalue weighted by Gasteiger charge is 2.20. The number of likely N-dealkylation sites (tertiary alicyclic amines) is 1. The maximum atomic E-state index is 12.8. The summed E-state index contributed by atoms with van der Waals surface area (Å²) in [6.07, 6.45) is 7.70. The first kappa shape index (κ1) is 18.6. The molecule has 2 N–H and O–H groups in total. The molecular weight excluding hydrogens is 314 g/mol. The predicted molar refractivity (Wildman–Crippen MR) is 91.2 cm³/mol. The van der Waals surface area contributed by atoms with Crippen molar-refractivity contribution >= 4 is 5.96 Å². The van der Waals surface area contributed by atoms with Gasteiger partial charge in [-0.05, 0) is 25.8 Å². The van der Waals surface area contributed by atoms with Crippen molar-refractivity contribution in [2.45, 2.75) is 51.7 Å². The Morgan fingerprint density at radius 3 is 2.96 bits per heavy atom. The first-order chi connectivity index (χ1) is 11.7. The number of halogens is 2. The number of piperidine rings is 1. The van der Waals surface area contributed by atoms with Crippen molar-refractivity contribution in [2.75, 3.05) is 26.7 Å². The molecule has 1 atom stereocenters. The summed E-state index contributed by atoms with van der Waals surface area (Å²) in [6, 6.07) is 0.675. The smallest absolute Gasteiger partial charge is 0.319 e. The number of nitrogens with one attached hydrogen (secondary N) is 2. The second kappa shape index (κ2) is 9.56. The molecule has 0 aliphatic carbocycles. The van der Waals surface area contributed by atoms with Gasteiger partial charge in [0, 0.05) is 38.6 Å². The first-order valence-corrected chi connectivity index (χ1v) is 8.64. The Hall–Kier alpha value is -1.70. The monoisotopic (exact) mass is 342 g/mol. The number of hydrogen-bond donors (Lipinski definition) is 2. The average Bonchev–Trinajstić information content (AvgIpc) is 3.07. The summed E-state index contributed by atoms with van der Waals surface area (Å²) >= 11 is 0. The molecule has 0 aromatic carbocycles. The van der Waals surface area contributed by atoms with Gasteiger partial charge in [0.25, 0.3) is 0 Å². The number of aliphatic imine (C=N–C) groups is 1. The van der Waals surface area contributed by atoms with Crippen LogP contribution in [-0.2, 0) is 6.54 Å². The van der Waals surface area contributed by atoms with Gasteiger partial charge in [-0.25, -0.2) is 4.98 Å². The lowest BCUT2D eigenvalue weighted by Gasteiger charge is -2.35. The molecule has 0 bridgehead atoms. The number of aromatic nitrogens is 2. The van der Waals surface area contributed by atoms with Crippen molar-refractivity contribution in [1.82, 2.24) is 25.1 Å². The minimum absolute atomic E-state index is 0.207. The quantitative estimate of drug-likeness (QED) is 0.589. The Balaban J connectivity index is 1.75. The Morgan fingerprint density at radius 2 is 2.25 bits per heavy atom. The minimum Gasteiger partial charge on any atom is -0.355 e. The Labute approximate surface area is 142 Å². The Kier molecular flexibility index (Phi) is 7.42. The summed E-state index contributed by atoms with van der Waals surface area (Å²) in [5.74, 6) is 0.888. The normalized spacial score (nSPS) is 19.7. The molecule has 0 radical (unpaired) electrons. The lowest BCUT2D eigenvalue weighted by Crippen LogP contribution is -2.45. The van der Waals surface area contributed by atoms with E-state index in [2.05, 4.69) is 32.4 Å². The fraction of sp³-hybridized carbons (Fsp3) is 0.750. The zero-order valence-electron chi connectivity index (χ0n) is 14.5. The number of imidazole rings is 1. The highest BCUT2D eigenvalue weighted by Crippen LogP contribution is 2.18. The van der Waals surface area contributed by atoms with E-state index in [4.69, 9.17) is 0 Å². The van der Waals surface area contributed by atoms with Crippen molar-refractivity contribution in [2.24, 2.45) is 4.99 Å². The van der Waals surface area contributed by atoms with Crippen LogP contribution in [0.25, 0.3) is 0 Å². The van der Waals surface area contributed by atoms with Crippen LogP contribution in [0.1, 0.15) is 45.0 Å². The van der Waals surface area contributed by atoms with E-state index in [-0.39, 0.29) is 12.4 Å². The topological polar surface area (TPSA) is 57.5 Å². The maximum Gasteiger partial charge on any atom is 0.319 e. The van der Waals surface area contributed by atoms with Crippen LogP contribution in [0.3, 0.4) is 0 Å². The van der Waals surface area contributed by atoms with Crippen LogP contribution in [0.5, 0.6) is 0 Å². The Morgan fingerprint density at radius 1 is 1.42 bits per heavy atom. The zero-order chi connectivity index (χ0) is 17.4. The summed E-state index contributed by atoms with van der Waals surface area (Å²) in [7, 11) is 1.67. The number of nitrogens with zero attached hydrogens (tertiary/aromatic N) is 4. The van der Waals surface area contributed by atoms with Crippen LogP contribution in [0.15, 0.2) is 17.4 Å². The van der Waals surface area contributed by atoms with Crippen molar-refractivity contribution in [3.05, 3.63) is 18.2 Å². The third-order valence-corrected chi connectivity index (χ3v) is 4.51. The average molecular weight is 342 g/mol.